The number of esters is 1. The lowest BCUT2D eigenvalue weighted by Gasteiger charge is -2.13. The molecule has 45 heavy (non-hydrogen) atoms. The van der Waals surface area contributed by atoms with Gasteiger partial charge in [0.1, 0.15) is 11.3 Å². The van der Waals surface area contributed by atoms with Gasteiger partial charge in [0, 0.05) is 0 Å². The molecule has 0 unspecified atom stereocenters. The Morgan fingerprint density at radius 3 is 1.36 bits per heavy atom. The van der Waals surface area contributed by atoms with Crippen LogP contribution in [0.4, 0.5) is 0 Å². The second kappa shape index (κ2) is 25.7. The third-order valence-corrected chi connectivity index (χ3v) is 9.23. The molecule has 4 nitrogen and oxygen atoms in total. The minimum absolute atomic E-state index is 0.00566. The highest BCUT2D eigenvalue weighted by molar-refractivity contribution is 5.95. The van der Waals surface area contributed by atoms with E-state index in [2.05, 4.69) is 13.8 Å². The summed E-state index contributed by atoms with van der Waals surface area (Å²) in [4.78, 5) is 13.0. The molecule has 0 aliphatic heterocycles. The number of benzene rings is 2. The molecular formula is C41H66O4. The summed E-state index contributed by atoms with van der Waals surface area (Å²) in [6.07, 6.45) is 32.6. The number of phenolic OH excluding ortho intramolecular Hbond substituents is 2. The van der Waals surface area contributed by atoms with Gasteiger partial charge < -0.3 is 14.9 Å². The van der Waals surface area contributed by atoms with Crippen LogP contribution >= 0.6 is 0 Å². The standard InChI is InChI=1S/C41H66O4/c1-3-5-7-9-11-13-15-17-19-21-23-25-29-35-30-27-28-32-38(35)45-41(44)37-34-33-36(39(42)40(37)43)31-26-24-22-20-18-16-14-12-10-8-6-4-2/h27-28,30,32-34,42-43H,3-26,29,31H2,1-2H3. The fourth-order valence-corrected chi connectivity index (χ4v) is 6.27. The maximum atomic E-state index is 13.0. The highest BCUT2D eigenvalue weighted by Crippen LogP contribution is 2.35. The maximum Gasteiger partial charge on any atom is 0.347 e. The van der Waals surface area contributed by atoms with Crippen molar-refractivity contribution in [2.75, 3.05) is 0 Å². The summed E-state index contributed by atoms with van der Waals surface area (Å²) >= 11 is 0. The summed E-state index contributed by atoms with van der Waals surface area (Å²) in [6.45, 7) is 4.53. The lowest BCUT2D eigenvalue weighted by atomic mass is 10.0. The highest BCUT2D eigenvalue weighted by atomic mass is 16.5. The van der Waals surface area contributed by atoms with Crippen molar-refractivity contribution in [2.45, 2.75) is 181 Å². The van der Waals surface area contributed by atoms with Gasteiger partial charge in [-0.1, -0.05) is 179 Å². The van der Waals surface area contributed by atoms with Gasteiger partial charge in [-0.15, -0.1) is 0 Å². The number of rotatable bonds is 28. The van der Waals surface area contributed by atoms with E-state index in [4.69, 9.17) is 4.74 Å². The van der Waals surface area contributed by atoms with Crippen molar-refractivity contribution in [3.63, 3.8) is 0 Å². The van der Waals surface area contributed by atoms with Gasteiger partial charge in [0.2, 0.25) is 0 Å². The molecule has 4 heteroatoms. The summed E-state index contributed by atoms with van der Waals surface area (Å²) in [5.41, 5.74) is 1.69. The Labute approximate surface area is 276 Å². The molecule has 0 saturated heterocycles. The first-order chi connectivity index (χ1) is 22.1. The highest BCUT2D eigenvalue weighted by Gasteiger charge is 2.20. The third-order valence-electron chi connectivity index (χ3n) is 9.23. The van der Waals surface area contributed by atoms with Gasteiger partial charge >= 0.3 is 5.97 Å². The van der Waals surface area contributed by atoms with E-state index in [-0.39, 0.29) is 17.1 Å². The summed E-state index contributed by atoms with van der Waals surface area (Å²) in [5.74, 6) is -0.681. The molecule has 2 N–H and O–H groups in total. The molecule has 0 bridgehead atoms. The first-order valence-corrected chi connectivity index (χ1v) is 18.9. The van der Waals surface area contributed by atoms with E-state index in [9.17, 15) is 15.0 Å². The second-order valence-electron chi connectivity index (χ2n) is 13.2. The van der Waals surface area contributed by atoms with Crippen molar-refractivity contribution in [3.8, 4) is 17.2 Å². The molecule has 254 valence electrons. The van der Waals surface area contributed by atoms with Crippen LogP contribution in [-0.2, 0) is 12.8 Å². The zero-order valence-electron chi connectivity index (χ0n) is 29.1. The smallest absolute Gasteiger partial charge is 0.347 e. The largest absolute Gasteiger partial charge is 0.504 e. The van der Waals surface area contributed by atoms with Crippen LogP contribution in [0, 0.1) is 0 Å². The van der Waals surface area contributed by atoms with Gasteiger partial charge in [0.05, 0.1) is 0 Å². The molecule has 0 saturated carbocycles. The number of hydrogen-bond donors (Lipinski definition) is 2. The molecule has 0 aliphatic carbocycles. The number of aromatic hydroxyl groups is 2. The van der Waals surface area contributed by atoms with Crippen molar-refractivity contribution in [2.24, 2.45) is 0 Å². The number of hydrogen-bond acceptors (Lipinski definition) is 4. The molecule has 2 aromatic carbocycles. The summed E-state index contributed by atoms with van der Waals surface area (Å²) < 4.78 is 5.73. The average molecular weight is 623 g/mol. The third kappa shape index (κ3) is 17.1. The molecule has 2 aromatic rings. The van der Waals surface area contributed by atoms with Gasteiger partial charge in [0.25, 0.3) is 0 Å². The van der Waals surface area contributed by atoms with Crippen LogP contribution in [-0.4, -0.2) is 16.2 Å². The van der Waals surface area contributed by atoms with E-state index < -0.39 is 5.97 Å². The Balaban J connectivity index is 1.67. The van der Waals surface area contributed by atoms with Gasteiger partial charge in [-0.05, 0) is 48.9 Å². The van der Waals surface area contributed by atoms with E-state index in [0.717, 1.165) is 31.2 Å². The van der Waals surface area contributed by atoms with Crippen molar-refractivity contribution >= 4 is 5.97 Å². The monoisotopic (exact) mass is 622 g/mol. The molecule has 0 atom stereocenters. The van der Waals surface area contributed by atoms with Crippen LogP contribution in [0.1, 0.15) is 189 Å². The summed E-state index contributed by atoms with van der Waals surface area (Å²) in [7, 11) is 0. The maximum absolute atomic E-state index is 13.0. The Morgan fingerprint density at radius 2 is 0.889 bits per heavy atom. The Bertz CT molecular complexity index is 1030. The lowest BCUT2D eigenvalue weighted by molar-refractivity contribution is 0.0729. The van der Waals surface area contributed by atoms with Crippen molar-refractivity contribution in [1.29, 1.82) is 0 Å². The summed E-state index contributed by atoms with van der Waals surface area (Å²) in [6, 6.07) is 11.0. The first kappa shape index (κ1) is 38.7. The molecule has 2 rings (SSSR count). The van der Waals surface area contributed by atoms with Crippen LogP contribution < -0.4 is 4.74 Å². The number of unbranched alkanes of at least 4 members (excludes halogenated alkanes) is 22. The molecule has 0 aromatic heterocycles. The van der Waals surface area contributed by atoms with Crippen molar-refractivity contribution in [3.05, 3.63) is 53.1 Å². The molecule has 0 amide bonds. The fraction of sp³-hybridized carbons (Fsp3) is 0.683. The Hall–Kier alpha value is -2.49. The van der Waals surface area contributed by atoms with Crippen LogP contribution in [0.5, 0.6) is 17.2 Å². The van der Waals surface area contributed by atoms with E-state index >= 15 is 0 Å². The second-order valence-corrected chi connectivity index (χ2v) is 13.2. The number of phenols is 2. The predicted molar refractivity (Wildman–Crippen MR) is 191 cm³/mol. The number of carbonyl (C=O) groups is 1. The molecule has 0 radical (unpaired) electrons. The molecule has 0 spiro atoms. The number of para-hydroxylation sites is 1. The zero-order chi connectivity index (χ0) is 32.4. The van der Waals surface area contributed by atoms with E-state index in [1.807, 2.05) is 24.3 Å². The molecule has 0 fully saturated rings. The van der Waals surface area contributed by atoms with Gasteiger partial charge in [-0.2, -0.15) is 0 Å². The van der Waals surface area contributed by atoms with E-state index in [0.29, 0.717) is 17.7 Å². The zero-order valence-corrected chi connectivity index (χ0v) is 29.1. The SMILES string of the molecule is CCCCCCCCCCCCCCc1ccccc1OC(=O)c1ccc(CCCCCCCCCCCCCC)c(O)c1O. The topological polar surface area (TPSA) is 66.8 Å². The first-order valence-electron chi connectivity index (χ1n) is 18.9. The average Bonchev–Trinajstić information content (AvgIpc) is 3.04. The van der Waals surface area contributed by atoms with Crippen LogP contribution in [0.15, 0.2) is 36.4 Å². The fourth-order valence-electron chi connectivity index (χ4n) is 6.27. The van der Waals surface area contributed by atoms with Gasteiger partial charge in [-0.3, -0.25) is 0 Å². The quantitative estimate of drug-likeness (QED) is 0.0429. The molecule has 0 heterocycles. The summed E-state index contributed by atoms with van der Waals surface area (Å²) in [5, 5.41) is 21.3. The predicted octanol–water partition coefficient (Wildman–Crippen LogP) is 12.8. The molecular weight excluding hydrogens is 556 g/mol. The van der Waals surface area contributed by atoms with E-state index in [1.54, 1.807) is 12.1 Å². The van der Waals surface area contributed by atoms with E-state index in [1.165, 1.54) is 135 Å². The minimum Gasteiger partial charge on any atom is -0.504 e. The number of aryl methyl sites for hydroxylation is 2. The normalized spacial score (nSPS) is 11.2. The van der Waals surface area contributed by atoms with Gasteiger partial charge in [0.15, 0.2) is 11.5 Å². The van der Waals surface area contributed by atoms with Crippen molar-refractivity contribution < 1.29 is 19.7 Å². The van der Waals surface area contributed by atoms with Gasteiger partial charge in [-0.25, -0.2) is 4.79 Å². The van der Waals surface area contributed by atoms with Crippen LogP contribution in [0.3, 0.4) is 0 Å². The van der Waals surface area contributed by atoms with Crippen molar-refractivity contribution in [1.82, 2.24) is 0 Å². The lowest BCUT2D eigenvalue weighted by Crippen LogP contribution is -2.10. The Kier molecular flexibility index (Phi) is 22.1. The Morgan fingerprint density at radius 1 is 0.489 bits per heavy atom. The minimum atomic E-state index is -0.637. The number of carbonyl (C=O) groups excluding carboxylic acids is 1. The van der Waals surface area contributed by atoms with Crippen LogP contribution in [0.25, 0.3) is 0 Å². The molecule has 0 aliphatic rings. The number of ether oxygens (including phenoxy) is 1. The van der Waals surface area contributed by atoms with Crippen LogP contribution in [0.2, 0.25) is 0 Å².